The molecule has 0 aliphatic carbocycles. The summed E-state index contributed by atoms with van der Waals surface area (Å²) in [6.07, 6.45) is 0. The van der Waals surface area contributed by atoms with Gasteiger partial charge in [-0.1, -0.05) is 23.7 Å². The standard InChI is InChI=1S/C23H30ClN3O4/c1-4-31-21-8-6-17(13-22(21)29-3)20(27-9-11-30-12-10-27)15-25-23(28)26-18-7-5-16(2)19(24)14-18/h5-8,13-14,20H,4,9-12,15H2,1-3H3,(H2,25,26,28). The number of morpholine rings is 1. The van der Waals surface area contributed by atoms with E-state index < -0.39 is 0 Å². The van der Waals surface area contributed by atoms with E-state index in [0.717, 1.165) is 24.2 Å². The van der Waals surface area contributed by atoms with Crippen LogP contribution in [0.15, 0.2) is 36.4 Å². The smallest absolute Gasteiger partial charge is 0.319 e. The third kappa shape index (κ3) is 6.26. The van der Waals surface area contributed by atoms with Crippen molar-refractivity contribution in [2.45, 2.75) is 19.9 Å². The summed E-state index contributed by atoms with van der Waals surface area (Å²) in [6.45, 7) is 7.76. The van der Waals surface area contributed by atoms with Gasteiger partial charge in [-0.05, 0) is 49.2 Å². The van der Waals surface area contributed by atoms with Crippen molar-refractivity contribution >= 4 is 23.3 Å². The fourth-order valence-electron chi connectivity index (χ4n) is 3.55. The van der Waals surface area contributed by atoms with Gasteiger partial charge in [-0.2, -0.15) is 0 Å². The van der Waals surface area contributed by atoms with Gasteiger partial charge >= 0.3 is 6.03 Å². The molecule has 2 aromatic rings. The van der Waals surface area contributed by atoms with E-state index in [-0.39, 0.29) is 12.1 Å². The van der Waals surface area contributed by atoms with Gasteiger partial charge in [-0.3, -0.25) is 4.90 Å². The molecule has 1 heterocycles. The normalized spacial score (nSPS) is 15.2. The van der Waals surface area contributed by atoms with E-state index in [2.05, 4.69) is 15.5 Å². The fraction of sp³-hybridized carbons (Fsp3) is 0.435. The van der Waals surface area contributed by atoms with E-state index >= 15 is 0 Å². The van der Waals surface area contributed by atoms with Gasteiger partial charge in [0.15, 0.2) is 11.5 Å². The highest BCUT2D eigenvalue weighted by molar-refractivity contribution is 6.31. The zero-order valence-electron chi connectivity index (χ0n) is 18.2. The quantitative estimate of drug-likeness (QED) is 0.633. The van der Waals surface area contributed by atoms with Crippen LogP contribution in [0.4, 0.5) is 10.5 Å². The number of rotatable bonds is 8. The number of nitrogens with zero attached hydrogens (tertiary/aromatic N) is 1. The molecule has 2 aromatic carbocycles. The summed E-state index contributed by atoms with van der Waals surface area (Å²) in [6, 6.07) is 11.1. The Morgan fingerprint density at radius 1 is 1.19 bits per heavy atom. The number of aryl methyl sites for hydroxylation is 1. The maximum Gasteiger partial charge on any atom is 0.319 e. The molecule has 8 heteroatoms. The van der Waals surface area contributed by atoms with E-state index in [1.165, 1.54) is 0 Å². The summed E-state index contributed by atoms with van der Waals surface area (Å²) in [4.78, 5) is 14.8. The van der Waals surface area contributed by atoms with E-state index in [4.69, 9.17) is 25.8 Å². The van der Waals surface area contributed by atoms with Crippen molar-refractivity contribution in [2.75, 3.05) is 51.9 Å². The Bertz CT molecular complexity index is 887. The van der Waals surface area contributed by atoms with Crippen molar-refractivity contribution in [3.05, 3.63) is 52.5 Å². The largest absolute Gasteiger partial charge is 0.493 e. The van der Waals surface area contributed by atoms with Crippen molar-refractivity contribution < 1.29 is 19.0 Å². The Morgan fingerprint density at radius 2 is 1.97 bits per heavy atom. The highest BCUT2D eigenvalue weighted by Crippen LogP contribution is 2.32. The molecule has 0 spiro atoms. The molecule has 0 aromatic heterocycles. The second kappa shape index (κ2) is 11.2. The molecule has 1 fully saturated rings. The van der Waals surface area contributed by atoms with Gasteiger partial charge in [0, 0.05) is 30.3 Å². The number of benzene rings is 2. The van der Waals surface area contributed by atoms with Crippen molar-refractivity contribution in [3.63, 3.8) is 0 Å². The predicted octanol–water partition coefficient (Wildman–Crippen LogP) is 4.25. The lowest BCUT2D eigenvalue weighted by Gasteiger charge is -2.35. The second-order valence-corrected chi connectivity index (χ2v) is 7.71. The summed E-state index contributed by atoms with van der Waals surface area (Å²) < 4.78 is 16.7. The van der Waals surface area contributed by atoms with Crippen molar-refractivity contribution in [1.29, 1.82) is 0 Å². The van der Waals surface area contributed by atoms with Crippen LogP contribution in [-0.4, -0.2) is 57.5 Å². The van der Waals surface area contributed by atoms with Crippen LogP contribution >= 0.6 is 11.6 Å². The average molecular weight is 448 g/mol. The first-order valence-corrected chi connectivity index (χ1v) is 10.8. The summed E-state index contributed by atoms with van der Waals surface area (Å²) in [5, 5.41) is 6.45. The molecule has 1 aliphatic heterocycles. The average Bonchev–Trinajstić information content (AvgIpc) is 2.78. The molecular formula is C23H30ClN3O4. The molecular weight excluding hydrogens is 418 g/mol. The zero-order chi connectivity index (χ0) is 22.2. The van der Waals surface area contributed by atoms with Crippen LogP contribution in [0.2, 0.25) is 5.02 Å². The topological polar surface area (TPSA) is 72.1 Å². The minimum atomic E-state index is -0.281. The van der Waals surface area contributed by atoms with Crippen LogP contribution in [0.25, 0.3) is 0 Å². The first kappa shape index (κ1) is 23.2. The molecule has 1 atom stereocenters. The number of ether oxygens (including phenoxy) is 3. The van der Waals surface area contributed by atoms with Crippen LogP contribution in [0, 0.1) is 6.92 Å². The van der Waals surface area contributed by atoms with Gasteiger partial charge in [0.1, 0.15) is 0 Å². The molecule has 1 aliphatic rings. The third-order valence-corrected chi connectivity index (χ3v) is 5.65. The SMILES string of the molecule is CCOc1ccc(C(CNC(=O)Nc2ccc(C)c(Cl)c2)N2CCOCC2)cc1OC. The summed E-state index contributed by atoms with van der Waals surface area (Å²) >= 11 is 6.16. The monoisotopic (exact) mass is 447 g/mol. The van der Waals surface area contributed by atoms with E-state index in [9.17, 15) is 4.79 Å². The van der Waals surface area contributed by atoms with Crippen molar-refractivity contribution in [1.82, 2.24) is 10.2 Å². The van der Waals surface area contributed by atoms with Gasteiger partial charge < -0.3 is 24.8 Å². The van der Waals surface area contributed by atoms with Crippen molar-refractivity contribution in [2.24, 2.45) is 0 Å². The third-order valence-electron chi connectivity index (χ3n) is 5.24. The molecule has 0 bridgehead atoms. The minimum absolute atomic E-state index is 0.0270. The maximum absolute atomic E-state index is 12.5. The van der Waals surface area contributed by atoms with Crippen LogP contribution < -0.4 is 20.1 Å². The highest BCUT2D eigenvalue weighted by Gasteiger charge is 2.24. The summed E-state index contributed by atoms with van der Waals surface area (Å²) in [5.41, 5.74) is 2.66. The van der Waals surface area contributed by atoms with E-state index in [1.807, 2.05) is 44.2 Å². The number of carbonyl (C=O) groups is 1. The van der Waals surface area contributed by atoms with Gasteiger partial charge in [0.2, 0.25) is 0 Å². The lowest BCUT2D eigenvalue weighted by molar-refractivity contribution is 0.0167. The Labute approximate surface area is 188 Å². The Morgan fingerprint density at radius 3 is 2.65 bits per heavy atom. The maximum atomic E-state index is 12.5. The molecule has 1 saturated heterocycles. The lowest BCUT2D eigenvalue weighted by atomic mass is 10.0. The number of methoxy groups -OCH3 is 1. The molecule has 1 unspecified atom stereocenters. The van der Waals surface area contributed by atoms with Crippen LogP contribution in [-0.2, 0) is 4.74 Å². The molecule has 2 N–H and O–H groups in total. The van der Waals surface area contributed by atoms with Crippen LogP contribution in [0.5, 0.6) is 11.5 Å². The first-order chi connectivity index (χ1) is 15.0. The van der Waals surface area contributed by atoms with Crippen molar-refractivity contribution in [3.8, 4) is 11.5 Å². The number of amides is 2. The van der Waals surface area contributed by atoms with E-state index in [1.54, 1.807) is 13.2 Å². The number of halogens is 1. The summed E-state index contributed by atoms with van der Waals surface area (Å²) in [7, 11) is 1.63. The number of hydrogen-bond acceptors (Lipinski definition) is 5. The Kier molecular flexibility index (Phi) is 8.40. The Hall–Kier alpha value is -2.48. The zero-order valence-corrected chi connectivity index (χ0v) is 19.0. The molecule has 2 amide bonds. The second-order valence-electron chi connectivity index (χ2n) is 7.31. The van der Waals surface area contributed by atoms with Gasteiger partial charge in [-0.15, -0.1) is 0 Å². The lowest BCUT2D eigenvalue weighted by Crippen LogP contribution is -2.44. The molecule has 7 nitrogen and oxygen atoms in total. The molecule has 0 saturated carbocycles. The van der Waals surface area contributed by atoms with Crippen LogP contribution in [0.3, 0.4) is 0 Å². The number of carbonyl (C=O) groups excluding carboxylic acids is 1. The minimum Gasteiger partial charge on any atom is -0.493 e. The number of nitrogens with one attached hydrogen (secondary N) is 2. The Balaban J connectivity index is 1.73. The molecule has 31 heavy (non-hydrogen) atoms. The van der Waals surface area contributed by atoms with E-state index in [0.29, 0.717) is 48.6 Å². The number of hydrogen-bond donors (Lipinski definition) is 2. The summed E-state index contributed by atoms with van der Waals surface area (Å²) in [5.74, 6) is 1.38. The highest BCUT2D eigenvalue weighted by atomic mass is 35.5. The molecule has 3 rings (SSSR count). The number of urea groups is 1. The van der Waals surface area contributed by atoms with Gasteiger partial charge in [0.25, 0.3) is 0 Å². The molecule has 0 radical (unpaired) electrons. The van der Waals surface area contributed by atoms with Crippen LogP contribution in [0.1, 0.15) is 24.1 Å². The fourth-order valence-corrected chi connectivity index (χ4v) is 3.73. The predicted molar refractivity (Wildman–Crippen MR) is 123 cm³/mol. The van der Waals surface area contributed by atoms with Gasteiger partial charge in [-0.25, -0.2) is 4.79 Å². The number of anilines is 1. The first-order valence-electron chi connectivity index (χ1n) is 10.4. The molecule has 168 valence electrons. The van der Waals surface area contributed by atoms with Gasteiger partial charge in [0.05, 0.1) is 33.0 Å².